The fourth-order valence-corrected chi connectivity index (χ4v) is 2.71. The third-order valence-corrected chi connectivity index (χ3v) is 4.17. The molecule has 0 radical (unpaired) electrons. The Morgan fingerprint density at radius 3 is 2.63 bits per heavy atom. The van der Waals surface area contributed by atoms with Gasteiger partial charge in [-0.2, -0.15) is 0 Å². The van der Waals surface area contributed by atoms with Crippen molar-refractivity contribution in [2.75, 3.05) is 37.8 Å². The van der Waals surface area contributed by atoms with E-state index >= 15 is 0 Å². The number of pyridine rings is 3. The molecule has 140 valence electrons. The largest absolute Gasteiger partial charge is 0.369 e. The van der Waals surface area contributed by atoms with Crippen molar-refractivity contribution in [3.63, 3.8) is 0 Å². The number of hydrogen-bond donors (Lipinski definition) is 2. The number of carbonyl (C=O) groups is 1. The lowest BCUT2D eigenvalue weighted by Crippen LogP contribution is -2.21. The number of hydrogen-bond acceptors (Lipinski definition) is 7. The number of rotatable bonds is 7. The van der Waals surface area contributed by atoms with Crippen LogP contribution in [0.2, 0.25) is 5.15 Å². The lowest BCUT2D eigenvalue weighted by atomic mass is 10.1. The summed E-state index contributed by atoms with van der Waals surface area (Å²) in [6.07, 6.45) is 3.26. The Kier molecular flexibility index (Phi) is 5.83. The molecule has 3 rings (SSSR count). The summed E-state index contributed by atoms with van der Waals surface area (Å²) in [5.41, 5.74) is 2.96. The minimum Gasteiger partial charge on any atom is -0.369 e. The average molecular weight is 385 g/mol. The average Bonchev–Trinajstić information content (AvgIpc) is 2.63. The van der Waals surface area contributed by atoms with E-state index in [1.807, 2.05) is 26.2 Å². The molecule has 0 aliphatic rings. The molecule has 0 saturated heterocycles. The van der Waals surface area contributed by atoms with Crippen LogP contribution in [0.1, 0.15) is 17.3 Å². The van der Waals surface area contributed by atoms with Crippen LogP contribution in [-0.2, 0) is 0 Å². The Morgan fingerprint density at radius 2 is 1.96 bits per heavy atom. The van der Waals surface area contributed by atoms with Crippen LogP contribution in [0.5, 0.6) is 0 Å². The zero-order chi connectivity index (χ0) is 19.4. The van der Waals surface area contributed by atoms with Crippen molar-refractivity contribution in [1.82, 2.24) is 19.9 Å². The highest BCUT2D eigenvalue weighted by molar-refractivity contribution is 6.30. The van der Waals surface area contributed by atoms with E-state index in [-0.39, 0.29) is 5.78 Å². The van der Waals surface area contributed by atoms with Crippen LogP contribution in [0.15, 0.2) is 36.7 Å². The van der Waals surface area contributed by atoms with E-state index < -0.39 is 0 Å². The number of carbonyl (C=O) groups excluding carboxylic acids is 1. The van der Waals surface area contributed by atoms with Crippen LogP contribution < -0.4 is 10.6 Å². The Bertz CT molecular complexity index is 958. The third kappa shape index (κ3) is 4.69. The number of fused-ring (bicyclic) bond motifs is 1. The zero-order valence-corrected chi connectivity index (χ0v) is 16.2. The van der Waals surface area contributed by atoms with Gasteiger partial charge < -0.3 is 15.5 Å². The first kappa shape index (κ1) is 19.0. The van der Waals surface area contributed by atoms with E-state index in [1.165, 1.54) is 6.92 Å². The maximum atomic E-state index is 12.0. The minimum atomic E-state index is -0.108. The smallest absolute Gasteiger partial charge is 0.163 e. The summed E-state index contributed by atoms with van der Waals surface area (Å²) < 4.78 is 0. The number of anilines is 3. The maximum Gasteiger partial charge on any atom is 0.163 e. The first-order valence-corrected chi connectivity index (χ1v) is 8.89. The van der Waals surface area contributed by atoms with Gasteiger partial charge in [0.15, 0.2) is 5.78 Å². The van der Waals surface area contributed by atoms with Crippen LogP contribution in [0.4, 0.5) is 17.2 Å². The fraction of sp³-hybridized carbons (Fsp3) is 0.263. The molecule has 0 aromatic carbocycles. The van der Waals surface area contributed by atoms with Gasteiger partial charge in [-0.15, -0.1) is 0 Å². The number of ketones is 1. The second-order valence-corrected chi connectivity index (χ2v) is 6.78. The van der Waals surface area contributed by atoms with E-state index in [9.17, 15) is 4.79 Å². The molecule has 0 atom stereocenters. The molecule has 27 heavy (non-hydrogen) atoms. The topological polar surface area (TPSA) is 83.0 Å². The number of nitrogens with zero attached hydrogens (tertiary/aromatic N) is 4. The van der Waals surface area contributed by atoms with Crippen molar-refractivity contribution in [1.29, 1.82) is 0 Å². The highest BCUT2D eigenvalue weighted by atomic mass is 35.5. The summed E-state index contributed by atoms with van der Waals surface area (Å²) in [7, 11) is 4.04. The summed E-state index contributed by atoms with van der Waals surface area (Å²) in [6, 6.07) is 7.22. The molecule has 8 heteroatoms. The lowest BCUT2D eigenvalue weighted by Gasteiger charge is -2.14. The predicted octanol–water partition coefficient (Wildman–Crippen LogP) is 3.60. The van der Waals surface area contributed by atoms with E-state index in [2.05, 4.69) is 30.5 Å². The van der Waals surface area contributed by atoms with Crippen molar-refractivity contribution in [2.24, 2.45) is 0 Å². The summed E-state index contributed by atoms with van der Waals surface area (Å²) in [5.74, 6) is 0.679. The van der Waals surface area contributed by atoms with Gasteiger partial charge in [0, 0.05) is 19.3 Å². The molecular formula is C19H21ClN6O. The van der Waals surface area contributed by atoms with E-state index in [1.54, 1.807) is 24.5 Å². The molecule has 0 spiro atoms. The highest BCUT2D eigenvalue weighted by Gasteiger charge is 2.14. The molecule has 0 fully saturated rings. The maximum absolute atomic E-state index is 12.0. The van der Waals surface area contributed by atoms with Gasteiger partial charge in [-0.25, -0.2) is 9.97 Å². The van der Waals surface area contributed by atoms with Gasteiger partial charge in [0.05, 0.1) is 28.7 Å². The number of halogens is 1. The van der Waals surface area contributed by atoms with Crippen LogP contribution in [0.3, 0.4) is 0 Å². The summed E-state index contributed by atoms with van der Waals surface area (Å²) >= 11 is 6.04. The highest BCUT2D eigenvalue weighted by Crippen LogP contribution is 2.29. The molecule has 0 aliphatic heterocycles. The second-order valence-electron chi connectivity index (χ2n) is 6.39. The van der Waals surface area contributed by atoms with Gasteiger partial charge >= 0.3 is 0 Å². The Labute approximate surface area is 162 Å². The van der Waals surface area contributed by atoms with Gasteiger partial charge in [-0.1, -0.05) is 11.6 Å². The van der Waals surface area contributed by atoms with Gasteiger partial charge in [-0.3, -0.25) is 9.78 Å². The number of nitrogens with one attached hydrogen (secondary N) is 2. The molecule has 0 bridgehead atoms. The first-order valence-electron chi connectivity index (χ1n) is 8.52. The Morgan fingerprint density at radius 1 is 1.15 bits per heavy atom. The first-order chi connectivity index (χ1) is 12.9. The number of Topliss-reactive ketones (excluding diaryl/α,β-unsaturated/α-hetero) is 1. The fourth-order valence-electron chi connectivity index (χ4n) is 2.56. The molecule has 3 heterocycles. The molecule has 0 unspecified atom stereocenters. The summed E-state index contributed by atoms with van der Waals surface area (Å²) in [4.78, 5) is 27.2. The van der Waals surface area contributed by atoms with E-state index in [0.29, 0.717) is 27.4 Å². The zero-order valence-electron chi connectivity index (χ0n) is 15.5. The van der Waals surface area contributed by atoms with Gasteiger partial charge in [0.25, 0.3) is 0 Å². The monoisotopic (exact) mass is 384 g/mol. The molecule has 0 amide bonds. The quantitative estimate of drug-likeness (QED) is 0.475. The number of likely N-dealkylation sites (N-methyl/N-ethyl adjacent to an activating group) is 1. The molecule has 0 aliphatic carbocycles. The van der Waals surface area contributed by atoms with Gasteiger partial charge in [-0.05, 0) is 45.3 Å². The van der Waals surface area contributed by atoms with Crippen molar-refractivity contribution >= 4 is 45.6 Å². The molecule has 3 aromatic rings. The molecular weight excluding hydrogens is 364 g/mol. The Balaban J connectivity index is 1.88. The molecule has 7 nitrogen and oxygen atoms in total. The van der Waals surface area contributed by atoms with Crippen LogP contribution in [0.25, 0.3) is 11.0 Å². The van der Waals surface area contributed by atoms with Crippen LogP contribution >= 0.6 is 11.6 Å². The second kappa shape index (κ2) is 8.28. The van der Waals surface area contributed by atoms with Crippen LogP contribution in [0, 0.1) is 0 Å². The van der Waals surface area contributed by atoms with Crippen LogP contribution in [-0.4, -0.2) is 52.8 Å². The summed E-state index contributed by atoms with van der Waals surface area (Å²) in [5, 5.41) is 6.84. The third-order valence-electron chi connectivity index (χ3n) is 3.96. The van der Waals surface area contributed by atoms with E-state index in [0.717, 1.165) is 24.6 Å². The minimum absolute atomic E-state index is 0.108. The van der Waals surface area contributed by atoms with Crippen molar-refractivity contribution in [3.05, 3.63) is 47.4 Å². The Hall–Kier alpha value is -2.77. The lowest BCUT2D eigenvalue weighted by molar-refractivity contribution is 0.101. The number of aromatic nitrogens is 3. The van der Waals surface area contributed by atoms with Crippen molar-refractivity contribution in [3.8, 4) is 0 Å². The SMILES string of the molecule is CC(=O)c1cnc2ccc(Cl)nc2c1Nc1ccc(NCCN(C)C)nc1. The van der Waals surface area contributed by atoms with Crippen molar-refractivity contribution < 1.29 is 4.79 Å². The van der Waals surface area contributed by atoms with Gasteiger partial charge in [0.2, 0.25) is 0 Å². The van der Waals surface area contributed by atoms with Crippen molar-refractivity contribution in [2.45, 2.75) is 6.92 Å². The predicted molar refractivity (Wildman–Crippen MR) is 109 cm³/mol. The molecule has 0 saturated carbocycles. The molecule has 2 N–H and O–H groups in total. The van der Waals surface area contributed by atoms with Gasteiger partial charge in [0.1, 0.15) is 16.5 Å². The normalized spacial score (nSPS) is 11.0. The standard InChI is InChI=1S/C19H21ClN6O/c1-12(27)14-11-22-15-5-6-16(20)25-19(15)18(14)24-13-4-7-17(23-10-13)21-8-9-26(2)3/h4-7,10-11H,8-9H2,1-3H3,(H,21,23)(H,22,24). The summed E-state index contributed by atoms with van der Waals surface area (Å²) in [6.45, 7) is 3.21. The van der Waals surface area contributed by atoms with E-state index in [4.69, 9.17) is 11.6 Å². The molecule has 3 aromatic heterocycles.